The number of imidazole rings is 1. The first-order valence-electron chi connectivity index (χ1n) is 7.46. The number of nitrogens with one attached hydrogen (secondary N) is 2. The molecule has 104 valence electrons. The Hall–Kier alpha value is -1.81. The lowest BCUT2D eigenvalue weighted by atomic mass is 9.84. The molecule has 3 aliphatic rings. The number of H-pyrrole nitrogens is 1. The molecule has 3 aliphatic heterocycles. The zero-order chi connectivity index (χ0) is 13.4. The normalized spacial score (nSPS) is 28.5. The van der Waals surface area contributed by atoms with E-state index >= 15 is 0 Å². The largest absolute Gasteiger partial charge is 0.381 e. The van der Waals surface area contributed by atoms with Crippen LogP contribution in [0.1, 0.15) is 12.8 Å². The average molecular weight is 268 g/mol. The van der Waals surface area contributed by atoms with Crippen molar-refractivity contribution in [2.45, 2.75) is 18.9 Å². The van der Waals surface area contributed by atoms with Crippen LogP contribution in [-0.2, 0) is 0 Å². The predicted molar refractivity (Wildman–Crippen MR) is 80.6 cm³/mol. The zero-order valence-corrected chi connectivity index (χ0v) is 11.5. The Bertz CT molecular complexity index is 553. The molecule has 0 saturated carbocycles. The van der Waals surface area contributed by atoms with Crippen LogP contribution in [-0.4, -0.2) is 40.5 Å². The van der Waals surface area contributed by atoms with Crippen molar-refractivity contribution in [3.8, 4) is 11.3 Å². The van der Waals surface area contributed by atoms with E-state index in [-0.39, 0.29) is 0 Å². The van der Waals surface area contributed by atoms with Crippen LogP contribution in [0.5, 0.6) is 0 Å². The van der Waals surface area contributed by atoms with Gasteiger partial charge in [0.1, 0.15) is 0 Å². The number of hydrogen-bond acceptors (Lipinski definition) is 3. The fourth-order valence-electron chi connectivity index (χ4n) is 3.50. The number of benzene rings is 1. The predicted octanol–water partition coefficient (Wildman–Crippen LogP) is 2.58. The summed E-state index contributed by atoms with van der Waals surface area (Å²) in [4.78, 5) is 9.78. The number of anilines is 1. The number of aromatic nitrogens is 2. The molecule has 1 atom stereocenters. The van der Waals surface area contributed by atoms with Crippen LogP contribution in [0.15, 0.2) is 36.8 Å². The summed E-state index contributed by atoms with van der Waals surface area (Å²) in [6, 6.07) is 9.27. The maximum Gasteiger partial charge on any atom is 0.0924 e. The van der Waals surface area contributed by atoms with Gasteiger partial charge in [0.25, 0.3) is 0 Å². The van der Waals surface area contributed by atoms with E-state index < -0.39 is 0 Å². The summed E-state index contributed by atoms with van der Waals surface area (Å²) < 4.78 is 0. The van der Waals surface area contributed by atoms with Gasteiger partial charge in [0, 0.05) is 18.3 Å². The number of fused-ring (bicyclic) bond motifs is 3. The molecule has 3 saturated heterocycles. The van der Waals surface area contributed by atoms with Gasteiger partial charge in [-0.15, -0.1) is 0 Å². The summed E-state index contributed by atoms with van der Waals surface area (Å²) in [5, 5.41) is 3.72. The number of nitrogens with zero attached hydrogens (tertiary/aromatic N) is 2. The topological polar surface area (TPSA) is 44.0 Å². The summed E-state index contributed by atoms with van der Waals surface area (Å²) in [5.41, 5.74) is 3.48. The summed E-state index contributed by atoms with van der Waals surface area (Å²) in [6.45, 7) is 3.79. The molecule has 4 heteroatoms. The van der Waals surface area contributed by atoms with Crippen molar-refractivity contribution in [2.24, 2.45) is 5.92 Å². The highest BCUT2D eigenvalue weighted by Crippen LogP contribution is 2.30. The van der Waals surface area contributed by atoms with Gasteiger partial charge in [-0.05, 0) is 49.5 Å². The molecule has 5 rings (SSSR count). The zero-order valence-electron chi connectivity index (χ0n) is 11.5. The first kappa shape index (κ1) is 12.0. The Kier molecular flexibility index (Phi) is 2.96. The van der Waals surface area contributed by atoms with Gasteiger partial charge in [-0.1, -0.05) is 12.1 Å². The molecule has 20 heavy (non-hydrogen) atoms. The van der Waals surface area contributed by atoms with Crippen molar-refractivity contribution in [1.82, 2.24) is 14.9 Å². The van der Waals surface area contributed by atoms with Crippen molar-refractivity contribution >= 4 is 5.69 Å². The Labute approximate surface area is 119 Å². The summed E-state index contributed by atoms with van der Waals surface area (Å²) in [7, 11) is 0. The number of rotatable bonds is 3. The third-order valence-electron chi connectivity index (χ3n) is 4.70. The van der Waals surface area contributed by atoms with Gasteiger partial charge in [0.05, 0.1) is 18.2 Å². The first-order valence-corrected chi connectivity index (χ1v) is 7.46. The fourth-order valence-corrected chi connectivity index (χ4v) is 3.50. The second-order valence-electron chi connectivity index (χ2n) is 5.93. The van der Waals surface area contributed by atoms with E-state index in [4.69, 9.17) is 0 Å². The lowest BCUT2D eigenvalue weighted by Gasteiger charge is -2.45. The van der Waals surface area contributed by atoms with Gasteiger partial charge < -0.3 is 15.2 Å². The third kappa shape index (κ3) is 2.20. The van der Waals surface area contributed by atoms with Gasteiger partial charge in [0.15, 0.2) is 0 Å². The second-order valence-corrected chi connectivity index (χ2v) is 5.93. The van der Waals surface area contributed by atoms with Crippen LogP contribution in [0.2, 0.25) is 0 Å². The number of piperidine rings is 3. The van der Waals surface area contributed by atoms with Gasteiger partial charge in [-0.3, -0.25) is 0 Å². The minimum Gasteiger partial charge on any atom is -0.381 e. The van der Waals surface area contributed by atoms with E-state index in [2.05, 4.69) is 44.5 Å². The quantitative estimate of drug-likeness (QED) is 0.899. The number of aromatic amines is 1. The highest BCUT2D eigenvalue weighted by molar-refractivity contribution is 5.62. The lowest BCUT2D eigenvalue weighted by Crippen LogP contribution is -2.53. The molecule has 1 unspecified atom stereocenters. The molecule has 0 spiro atoms. The molecular formula is C16H20N4. The Morgan fingerprint density at radius 3 is 2.55 bits per heavy atom. The third-order valence-corrected chi connectivity index (χ3v) is 4.70. The maximum atomic E-state index is 4.06. The molecule has 1 aromatic heterocycles. The maximum absolute atomic E-state index is 4.06. The first-order chi connectivity index (χ1) is 9.88. The molecule has 4 heterocycles. The van der Waals surface area contributed by atoms with Crippen LogP contribution >= 0.6 is 0 Å². The number of hydrogen-bond donors (Lipinski definition) is 2. The van der Waals surface area contributed by atoms with Gasteiger partial charge in [-0.25, -0.2) is 4.98 Å². The van der Waals surface area contributed by atoms with E-state index in [1.165, 1.54) is 43.7 Å². The van der Waals surface area contributed by atoms with E-state index in [0.29, 0.717) is 6.04 Å². The molecule has 2 N–H and O–H groups in total. The molecule has 3 fully saturated rings. The summed E-state index contributed by atoms with van der Waals surface area (Å²) in [6.07, 6.45) is 6.28. The van der Waals surface area contributed by atoms with E-state index in [0.717, 1.165) is 11.6 Å². The fraction of sp³-hybridized carbons (Fsp3) is 0.438. The second kappa shape index (κ2) is 4.94. The standard InChI is InChI=1S/C16H20N4/c1-3-14(4-2-12(1)15-9-17-11-18-15)19-16-10-20-7-5-13(16)6-8-20/h1-4,9,11,13,16,19H,5-8,10H2,(H,17,18). The van der Waals surface area contributed by atoms with Gasteiger partial charge in [-0.2, -0.15) is 0 Å². The van der Waals surface area contributed by atoms with Gasteiger partial charge in [0.2, 0.25) is 0 Å². The molecular weight excluding hydrogens is 248 g/mol. The molecule has 0 amide bonds. The smallest absolute Gasteiger partial charge is 0.0924 e. The van der Waals surface area contributed by atoms with Crippen LogP contribution < -0.4 is 5.32 Å². The Balaban J connectivity index is 1.47. The van der Waals surface area contributed by atoms with Crippen molar-refractivity contribution in [3.05, 3.63) is 36.8 Å². The van der Waals surface area contributed by atoms with Crippen molar-refractivity contribution in [2.75, 3.05) is 25.0 Å². The van der Waals surface area contributed by atoms with Gasteiger partial charge >= 0.3 is 0 Å². The molecule has 0 radical (unpaired) electrons. The van der Waals surface area contributed by atoms with E-state index in [9.17, 15) is 0 Å². The van der Waals surface area contributed by atoms with Crippen molar-refractivity contribution < 1.29 is 0 Å². The summed E-state index contributed by atoms with van der Waals surface area (Å²) >= 11 is 0. The Morgan fingerprint density at radius 1 is 1.15 bits per heavy atom. The SMILES string of the molecule is c1ncc(-c2ccc(NC3CN4CCC3CC4)cc2)[nH]1. The lowest BCUT2D eigenvalue weighted by molar-refractivity contribution is 0.0975. The van der Waals surface area contributed by atoms with Crippen molar-refractivity contribution in [1.29, 1.82) is 0 Å². The van der Waals surface area contributed by atoms with Crippen LogP contribution in [0, 0.1) is 5.92 Å². The molecule has 4 nitrogen and oxygen atoms in total. The van der Waals surface area contributed by atoms with Crippen molar-refractivity contribution in [3.63, 3.8) is 0 Å². The minimum atomic E-state index is 0.621. The molecule has 0 aliphatic carbocycles. The molecule has 2 aromatic rings. The van der Waals surface area contributed by atoms with Crippen LogP contribution in [0.25, 0.3) is 11.3 Å². The highest BCUT2D eigenvalue weighted by Gasteiger charge is 2.33. The van der Waals surface area contributed by atoms with Crippen LogP contribution in [0.3, 0.4) is 0 Å². The minimum absolute atomic E-state index is 0.621. The van der Waals surface area contributed by atoms with Crippen LogP contribution in [0.4, 0.5) is 5.69 Å². The highest BCUT2D eigenvalue weighted by atomic mass is 15.2. The average Bonchev–Trinajstić information content (AvgIpc) is 3.04. The summed E-state index contributed by atoms with van der Waals surface area (Å²) in [5.74, 6) is 0.854. The molecule has 2 bridgehead atoms. The molecule has 1 aromatic carbocycles. The monoisotopic (exact) mass is 268 g/mol. The van der Waals surface area contributed by atoms with E-state index in [1.54, 1.807) is 6.33 Å². The van der Waals surface area contributed by atoms with E-state index in [1.807, 2.05) is 6.20 Å². The Morgan fingerprint density at radius 2 is 1.95 bits per heavy atom.